The quantitative estimate of drug-likeness (QED) is 0.383. The number of aryl methyl sites for hydroxylation is 1. The highest BCUT2D eigenvalue weighted by atomic mass is 16.6. The van der Waals surface area contributed by atoms with Crippen LogP contribution < -0.4 is 11.2 Å². The van der Waals surface area contributed by atoms with E-state index in [0.717, 1.165) is 9.13 Å². The SMILES string of the molecule is Cn1c(=O)c2[nH]c([C@@H]3O[C@H]([C@H](O)CO)[C@H](O)[C@H]3O)nc2n(C)c1=O. The first-order valence-corrected chi connectivity index (χ1v) is 7.24. The summed E-state index contributed by atoms with van der Waals surface area (Å²) in [4.78, 5) is 30.9. The molecule has 0 unspecified atom stereocenters. The molecular formula is C13H18N4O7. The molecule has 0 saturated carbocycles. The van der Waals surface area contributed by atoms with Gasteiger partial charge in [-0.25, -0.2) is 9.78 Å². The Balaban J connectivity index is 2.08. The molecule has 1 fully saturated rings. The molecule has 0 aliphatic carbocycles. The number of hydrogen-bond donors (Lipinski definition) is 5. The minimum Gasteiger partial charge on any atom is -0.394 e. The van der Waals surface area contributed by atoms with Crippen molar-refractivity contribution >= 4 is 11.2 Å². The van der Waals surface area contributed by atoms with Crippen LogP contribution in [0.3, 0.4) is 0 Å². The molecule has 3 rings (SSSR count). The fraction of sp³-hybridized carbons (Fsp3) is 0.615. The van der Waals surface area contributed by atoms with Gasteiger partial charge in [-0.2, -0.15) is 0 Å². The average molecular weight is 342 g/mol. The lowest BCUT2D eigenvalue weighted by molar-refractivity contribution is -0.0831. The van der Waals surface area contributed by atoms with Gasteiger partial charge in [0.05, 0.1) is 6.61 Å². The summed E-state index contributed by atoms with van der Waals surface area (Å²) < 4.78 is 7.46. The van der Waals surface area contributed by atoms with E-state index >= 15 is 0 Å². The van der Waals surface area contributed by atoms with E-state index in [0.29, 0.717) is 0 Å². The number of aromatic nitrogens is 4. The van der Waals surface area contributed by atoms with Gasteiger partial charge in [-0.15, -0.1) is 0 Å². The van der Waals surface area contributed by atoms with Gasteiger partial charge >= 0.3 is 5.69 Å². The van der Waals surface area contributed by atoms with Crippen LogP contribution in [0.25, 0.3) is 11.2 Å². The number of ether oxygens (including phenoxy) is 1. The zero-order valence-electron chi connectivity index (χ0n) is 12.9. The number of rotatable bonds is 3. The molecule has 1 aliphatic rings. The average Bonchev–Trinajstić information content (AvgIpc) is 3.13. The number of nitrogens with zero attached hydrogens (tertiary/aromatic N) is 3. The highest BCUT2D eigenvalue weighted by Crippen LogP contribution is 2.33. The van der Waals surface area contributed by atoms with Crippen LogP contribution >= 0.6 is 0 Å². The zero-order chi connectivity index (χ0) is 17.8. The molecule has 132 valence electrons. The summed E-state index contributed by atoms with van der Waals surface area (Å²) in [6.45, 7) is -0.656. The molecule has 24 heavy (non-hydrogen) atoms. The Kier molecular flexibility index (Phi) is 4.05. The first-order chi connectivity index (χ1) is 11.3. The molecule has 2 aromatic heterocycles. The van der Waals surface area contributed by atoms with E-state index < -0.39 is 48.4 Å². The molecular weight excluding hydrogens is 324 g/mol. The van der Waals surface area contributed by atoms with Crippen LogP contribution in [0, 0.1) is 0 Å². The largest absolute Gasteiger partial charge is 0.394 e. The molecule has 1 aliphatic heterocycles. The number of aromatic amines is 1. The fourth-order valence-corrected chi connectivity index (χ4v) is 2.83. The third-order valence-corrected chi connectivity index (χ3v) is 4.25. The summed E-state index contributed by atoms with van der Waals surface area (Å²) in [5.41, 5.74) is -1.03. The zero-order valence-corrected chi connectivity index (χ0v) is 12.9. The van der Waals surface area contributed by atoms with Gasteiger partial charge in [0, 0.05) is 14.1 Å². The predicted molar refractivity (Wildman–Crippen MR) is 79.3 cm³/mol. The first-order valence-electron chi connectivity index (χ1n) is 7.24. The van der Waals surface area contributed by atoms with Gasteiger partial charge in [0.15, 0.2) is 5.65 Å². The summed E-state index contributed by atoms with van der Waals surface area (Å²) in [6, 6.07) is 0. The molecule has 1 saturated heterocycles. The van der Waals surface area contributed by atoms with Gasteiger partial charge in [0.1, 0.15) is 41.9 Å². The van der Waals surface area contributed by atoms with E-state index in [1.165, 1.54) is 14.1 Å². The van der Waals surface area contributed by atoms with Crippen LogP contribution in [-0.2, 0) is 18.8 Å². The van der Waals surface area contributed by atoms with Crippen LogP contribution in [0.2, 0.25) is 0 Å². The molecule has 5 atom stereocenters. The van der Waals surface area contributed by atoms with Crippen molar-refractivity contribution in [1.29, 1.82) is 0 Å². The number of H-pyrrole nitrogens is 1. The summed E-state index contributed by atoms with van der Waals surface area (Å²) in [5.74, 6) is 0.0301. The number of aliphatic hydroxyl groups is 4. The van der Waals surface area contributed by atoms with E-state index in [9.17, 15) is 24.9 Å². The standard InChI is InChI=1S/C13H18N4O7/c1-16-11-5(12(22)17(2)13(16)23)14-10(15-11)9-7(21)6(20)8(24-9)4(19)3-18/h4,6-9,18-21H,3H2,1-2H3,(H,14,15)/t4-,6-,7-,8-,9-/m1/s1. The van der Waals surface area contributed by atoms with Crippen LogP contribution in [0.15, 0.2) is 9.59 Å². The van der Waals surface area contributed by atoms with E-state index in [2.05, 4.69) is 9.97 Å². The fourth-order valence-electron chi connectivity index (χ4n) is 2.83. The highest BCUT2D eigenvalue weighted by molar-refractivity contribution is 5.69. The summed E-state index contributed by atoms with van der Waals surface area (Å²) in [6.07, 6.45) is -6.64. The normalized spacial score (nSPS) is 28.6. The predicted octanol–water partition coefficient (Wildman–Crippen LogP) is -3.52. The molecule has 0 aromatic carbocycles. The van der Waals surface area contributed by atoms with Crippen LogP contribution in [0.1, 0.15) is 11.9 Å². The Morgan fingerprint density at radius 1 is 1.25 bits per heavy atom. The van der Waals surface area contributed by atoms with Crippen LogP contribution in [0.5, 0.6) is 0 Å². The monoisotopic (exact) mass is 342 g/mol. The number of fused-ring (bicyclic) bond motifs is 1. The van der Waals surface area contributed by atoms with Gasteiger partial charge in [-0.3, -0.25) is 13.9 Å². The lowest BCUT2D eigenvalue weighted by Gasteiger charge is -2.18. The second-order valence-corrected chi connectivity index (χ2v) is 5.78. The molecule has 11 heteroatoms. The van der Waals surface area contributed by atoms with Gasteiger partial charge in [0.25, 0.3) is 5.56 Å². The lowest BCUT2D eigenvalue weighted by Crippen LogP contribution is -2.40. The lowest BCUT2D eigenvalue weighted by atomic mass is 10.0. The van der Waals surface area contributed by atoms with Gasteiger partial charge < -0.3 is 30.1 Å². The second kappa shape index (κ2) is 5.79. The smallest absolute Gasteiger partial charge is 0.332 e. The van der Waals surface area contributed by atoms with Crippen molar-refractivity contribution in [2.24, 2.45) is 14.1 Å². The summed E-state index contributed by atoms with van der Waals surface area (Å²) >= 11 is 0. The second-order valence-electron chi connectivity index (χ2n) is 5.78. The van der Waals surface area contributed by atoms with Crippen LogP contribution in [-0.4, -0.2) is 70.6 Å². The van der Waals surface area contributed by atoms with Crippen LogP contribution in [0.4, 0.5) is 0 Å². The Bertz CT molecular complexity index is 885. The summed E-state index contributed by atoms with van der Waals surface area (Å²) in [7, 11) is 2.76. The minimum atomic E-state index is -1.45. The van der Waals surface area contributed by atoms with Crippen molar-refractivity contribution in [3.8, 4) is 0 Å². The number of aliphatic hydroxyl groups excluding tert-OH is 4. The molecule has 3 heterocycles. The maximum atomic E-state index is 12.1. The van der Waals surface area contributed by atoms with Crippen molar-refractivity contribution in [3.63, 3.8) is 0 Å². The Labute approximate surface area is 134 Å². The third-order valence-electron chi connectivity index (χ3n) is 4.25. The Morgan fingerprint density at radius 3 is 2.54 bits per heavy atom. The highest BCUT2D eigenvalue weighted by Gasteiger charge is 2.47. The number of nitrogens with one attached hydrogen (secondary N) is 1. The molecule has 11 nitrogen and oxygen atoms in total. The molecule has 0 amide bonds. The molecule has 0 bridgehead atoms. The van der Waals surface area contributed by atoms with E-state index in [-0.39, 0.29) is 17.0 Å². The third kappa shape index (κ3) is 2.29. The molecule has 2 aromatic rings. The number of hydrogen-bond acceptors (Lipinski definition) is 8. The van der Waals surface area contributed by atoms with Crippen molar-refractivity contribution < 1.29 is 25.2 Å². The minimum absolute atomic E-state index is 0.0301. The molecule has 0 radical (unpaired) electrons. The van der Waals surface area contributed by atoms with E-state index in [1.54, 1.807) is 0 Å². The van der Waals surface area contributed by atoms with E-state index in [1.807, 2.05) is 0 Å². The van der Waals surface area contributed by atoms with Gasteiger partial charge in [0.2, 0.25) is 0 Å². The molecule has 0 spiro atoms. The Hall–Kier alpha value is -2.05. The first kappa shape index (κ1) is 16.8. The van der Waals surface area contributed by atoms with Crippen molar-refractivity contribution in [2.75, 3.05) is 6.61 Å². The van der Waals surface area contributed by atoms with Crippen molar-refractivity contribution in [3.05, 3.63) is 26.7 Å². The maximum absolute atomic E-state index is 12.1. The van der Waals surface area contributed by atoms with Gasteiger partial charge in [-0.05, 0) is 0 Å². The topological polar surface area (TPSA) is 163 Å². The van der Waals surface area contributed by atoms with E-state index in [4.69, 9.17) is 9.84 Å². The Morgan fingerprint density at radius 2 is 1.92 bits per heavy atom. The van der Waals surface area contributed by atoms with Gasteiger partial charge in [-0.1, -0.05) is 0 Å². The van der Waals surface area contributed by atoms with Crippen molar-refractivity contribution in [2.45, 2.75) is 30.5 Å². The number of imidazole rings is 1. The molecule has 5 N–H and O–H groups in total. The maximum Gasteiger partial charge on any atom is 0.332 e. The summed E-state index contributed by atoms with van der Waals surface area (Å²) in [5, 5.41) is 38.7. The van der Waals surface area contributed by atoms with Crippen molar-refractivity contribution in [1.82, 2.24) is 19.1 Å².